The van der Waals surface area contributed by atoms with E-state index in [9.17, 15) is 9.59 Å². The minimum Gasteiger partial charge on any atom is -0.480 e. The quantitative estimate of drug-likeness (QED) is 0.593. The second-order valence-electron chi connectivity index (χ2n) is 6.86. The number of rotatable bonds is 8. The van der Waals surface area contributed by atoms with Crippen LogP contribution in [0, 0.1) is 6.92 Å². The van der Waals surface area contributed by atoms with Crippen LogP contribution in [-0.4, -0.2) is 22.9 Å². The molecule has 1 aromatic heterocycles. The van der Waals surface area contributed by atoms with Crippen LogP contribution in [0.5, 0.6) is 5.75 Å². The average Bonchev–Trinajstić information content (AvgIpc) is 2.78. The molecule has 0 fully saturated rings. The zero-order chi connectivity index (χ0) is 21.3. The Morgan fingerprint density at radius 1 is 1.03 bits per heavy atom. The minimum atomic E-state index is -0.669. The topological polar surface area (TPSA) is 80.3 Å². The van der Waals surface area contributed by atoms with Crippen LogP contribution in [0.25, 0.3) is 0 Å². The molecule has 0 aliphatic heterocycles. The molecule has 2 N–H and O–H groups in total. The Kier molecular flexibility index (Phi) is 7.16. The highest BCUT2D eigenvalue weighted by atomic mass is 16.5. The van der Waals surface area contributed by atoms with Crippen LogP contribution in [0.4, 0.5) is 5.69 Å². The van der Waals surface area contributed by atoms with Crippen LogP contribution < -0.4 is 15.4 Å². The van der Waals surface area contributed by atoms with E-state index in [1.165, 1.54) is 0 Å². The normalized spacial score (nSPS) is 11.4. The van der Waals surface area contributed by atoms with Gasteiger partial charge in [-0.1, -0.05) is 43.3 Å². The molecule has 0 spiro atoms. The van der Waals surface area contributed by atoms with Gasteiger partial charge < -0.3 is 15.4 Å². The summed E-state index contributed by atoms with van der Waals surface area (Å²) in [6, 6.07) is 18.2. The van der Waals surface area contributed by atoms with Crippen molar-refractivity contribution < 1.29 is 14.3 Å². The van der Waals surface area contributed by atoms with Gasteiger partial charge in [-0.25, -0.2) is 0 Å². The van der Waals surface area contributed by atoms with E-state index in [0.717, 1.165) is 11.1 Å². The number of carbonyl (C=O) groups is 2. The first-order valence-corrected chi connectivity index (χ1v) is 9.87. The van der Waals surface area contributed by atoms with Gasteiger partial charge in [-0.3, -0.25) is 14.6 Å². The molecule has 3 aromatic rings. The summed E-state index contributed by atoms with van der Waals surface area (Å²) < 4.78 is 5.91. The first-order valence-electron chi connectivity index (χ1n) is 9.87. The molecule has 0 unspecified atom stereocenters. The number of hydrogen-bond acceptors (Lipinski definition) is 4. The monoisotopic (exact) mass is 403 g/mol. The number of hydrogen-bond donors (Lipinski definition) is 2. The fourth-order valence-electron chi connectivity index (χ4n) is 2.95. The molecule has 1 atom stereocenters. The number of carbonyl (C=O) groups excluding carboxylic acids is 2. The molecule has 0 radical (unpaired) electrons. The molecule has 3 rings (SSSR count). The Hall–Kier alpha value is -3.67. The molecule has 0 aliphatic rings. The van der Waals surface area contributed by atoms with Gasteiger partial charge in [0.2, 0.25) is 0 Å². The zero-order valence-electron chi connectivity index (χ0n) is 17.1. The highest BCUT2D eigenvalue weighted by molar-refractivity contribution is 6.04. The summed E-state index contributed by atoms with van der Waals surface area (Å²) >= 11 is 0. The molecule has 1 heterocycles. The number of pyridine rings is 1. The number of amides is 2. The highest BCUT2D eigenvalue weighted by Gasteiger charge is 2.21. The Bertz CT molecular complexity index is 1010. The fourth-order valence-corrected chi connectivity index (χ4v) is 2.95. The predicted octanol–water partition coefficient (Wildman–Crippen LogP) is 4.12. The van der Waals surface area contributed by atoms with Crippen molar-refractivity contribution in [3.63, 3.8) is 0 Å². The predicted molar refractivity (Wildman–Crippen MR) is 116 cm³/mol. The van der Waals surface area contributed by atoms with Crippen LogP contribution >= 0.6 is 0 Å². The number of anilines is 1. The van der Waals surface area contributed by atoms with E-state index in [1.807, 2.05) is 50.2 Å². The Labute approximate surface area is 176 Å². The average molecular weight is 403 g/mol. The van der Waals surface area contributed by atoms with Crippen molar-refractivity contribution >= 4 is 17.5 Å². The van der Waals surface area contributed by atoms with Gasteiger partial charge in [0.1, 0.15) is 5.75 Å². The molecule has 0 saturated carbocycles. The van der Waals surface area contributed by atoms with Crippen molar-refractivity contribution in [3.8, 4) is 5.75 Å². The molecule has 6 nitrogen and oxygen atoms in total. The molecule has 154 valence electrons. The number of aryl methyl sites for hydroxylation is 1. The lowest BCUT2D eigenvalue weighted by molar-refractivity contribution is -0.122. The lowest BCUT2D eigenvalue weighted by atomic mass is 10.1. The molecule has 2 amide bonds. The van der Waals surface area contributed by atoms with Crippen molar-refractivity contribution in [1.82, 2.24) is 10.3 Å². The van der Waals surface area contributed by atoms with Gasteiger partial charge in [0, 0.05) is 18.9 Å². The smallest absolute Gasteiger partial charge is 0.265 e. The third kappa shape index (κ3) is 5.44. The number of benzene rings is 2. The second kappa shape index (κ2) is 10.2. The SMILES string of the molecule is CC[C@@H](Oc1ccccc1C)C(=O)Nc1ccccc1C(=O)NCc1cccnc1. The van der Waals surface area contributed by atoms with Crippen molar-refractivity contribution in [1.29, 1.82) is 0 Å². The maximum Gasteiger partial charge on any atom is 0.265 e. The summed E-state index contributed by atoms with van der Waals surface area (Å²) in [5, 5.41) is 5.70. The lowest BCUT2D eigenvalue weighted by Crippen LogP contribution is -2.33. The number of ether oxygens (including phenoxy) is 1. The maximum absolute atomic E-state index is 12.8. The van der Waals surface area contributed by atoms with Crippen LogP contribution in [0.3, 0.4) is 0 Å². The third-order valence-electron chi connectivity index (χ3n) is 4.63. The van der Waals surface area contributed by atoms with E-state index in [-0.39, 0.29) is 11.8 Å². The van der Waals surface area contributed by atoms with E-state index in [4.69, 9.17) is 4.74 Å². The van der Waals surface area contributed by atoms with Crippen molar-refractivity contribution in [3.05, 3.63) is 89.7 Å². The summed E-state index contributed by atoms with van der Waals surface area (Å²) in [5.41, 5.74) is 2.68. The van der Waals surface area contributed by atoms with Gasteiger partial charge in [-0.05, 0) is 48.7 Å². The van der Waals surface area contributed by atoms with E-state index in [2.05, 4.69) is 15.6 Å². The van der Waals surface area contributed by atoms with Gasteiger partial charge in [0.25, 0.3) is 11.8 Å². The van der Waals surface area contributed by atoms with E-state index in [1.54, 1.807) is 36.7 Å². The summed E-state index contributed by atoms with van der Waals surface area (Å²) in [4.78, 5) is 29.6. The summed E-state index contributed by atoms with van der Waals surface area (Å²) in [7, 11) is 0. The highest BCUT2D eigenvalue weighted by Crippen LogP contribution is 2.21. The van der Waals surface area contributed by atoms with Gasteiger partial charge in [-0.2, -0.15) is 0 Å². The number of nitrogens with zero attached hydrogens (tertiary/aromatic N) is 1. The van der Waals surface area contributed by atoms with Crippen molar-refractivity contribution in [2.24, 2.45) is 0 Å². The Morgan fingerprint density at radius 3 is 2.53 bits per heavy atom. The molecule has 30 heavy (non-hydrogen) atoms. The van der Waals surface area contributed by atoms with Crippen molar-refractivity contribution in [2.75, 3.05) is 5.32 Å². The zero-order valence-corrected chi connectivity index (χ0v) is 17.1. The van der Waals surface area contributed by atoms with E-state index < -0.39 is 6.10 Å². The standard InChI is InChI=1S/C24H25N3O3/c1-3-21(30-22-13-7-4-9-17(22)2)24(29)27-20-12-6-5-11-19(20)23(28)26-16-18-10-8-14-25-15-18/h4-15,21H,3,16H2,1-2H3,(H,26,28)(H,27,29)/t21-/m1/s1. The van der Waals surface area contributed by atoms with Crippen LogP contribution in [0.1, 0.15) is 34.8 Å². The van der Waals surface area contributed by atoms with Gasteiger partial charge in [0.15, 0.2) is 6.10 Å². The molecule has 0 saturated heterocycles. The number of nitrogens with one attached hydrogen (secondary N) is 2. The summed E-state index contributed by atoms with van der Waals surface area (Å²) in [5.74, 6) is 0.0953. The van der Waals surface area contributed by atoms with Gasteiger partial charge in [0.05, 0.1) is 11.3 Å². The largest absolute Gasteiger partial charge is 0.480 e. The second-order valence-corrected chi connectivity index (χ2v) is 6.86. The molecule has 6 heteroatoms. The van der Waals surface area contributed by atoms with E-state index >= 15 is 0 Å². The fraction of sp³-hybridized carbons (Fsp3) is 0.208. The van der Waals surface area contributed by atoms with Crippen LogP contribution in [-0.2, 0) is 11.3 Å². The minimum absolute atomic E-state index is 0.275. The Morgan fingerprint density at radius 2 is 1.80 bits per heavy atom. The molecule has 2 aromatic carbocycles. The van der Waals surface area contributed by atoms with Crippen LogP contribution in [0.15, 0.2) is 73.1 Å². The Balaban J connectivity index is 1.69. The first kappa shape index (κ1) is 21.0. The molecule has 0 aliphatic carbocycles. The molecular formula is C24H25N3O3. The third-order valence-corrected chi connectivity index (χ3v) is 4.63. The molecule has 0 bridgehead atoms. The van der Waals surface area contributed by atoms with Crippen molar-refractivity contribution in [2.45, 2.75) is 32.9 Å². The van der Waals surface area contributed by atoms with Crippen LogP contribution in [0.2, 0.25) is 0 Å². The number of aromatic nitrogens is 1. The summed E-state index contributed by atoms with van der Waals surface area (Å²) in [6.45, 7) is 4.17. The lowest BCUT2D eigenvalue weighted by Gasteiger charge is -2.19. The van der Waals surface area contributed by atoms with E-state index in [0.29, 0.717) is 30.0 Å². The first-order chi connectivity index (χ1) is 14.6. The molecular weight excluding hydrogens is 378 g/mol. The maximum atomic E-state index is 12.8. The van der Waals surface area contributed by atoms with Gasteiger partial charge in [-0.15, -0.1) is 0 Å². The van der Waals surface area contributed by atoms with Gasteiger partial charge >= 0.3 is 0 Å². The number of para-hydroxylation sites is 2. The summed E-state index contributed by atoms with van der Waals surface area (Å²) in [6.07, 6.45) is 3.20.